The number of rotatable bonds is 5. The number of benzene rings is 2. The van der Waals surface area contributed by atoms with Crippen molar-refractivity contribution in [3.05, 3.63) is 84.5 Å². The van der Waals surface area contributed by atoms with E-state index < -0.39 is 0 Å². The van der Waals surface area contributed by atoms with Gasteiger partial charge in [-0.1, -0.05) is 67.3 Å². The number of hydrogen-bond donors (Lipinski definition) is 0. The van der Waals surface area contributed by atoms with Crippen molar-refractivity contribution >= 4 is 6.08 Å². The summed E-state index contributed by atoms with van der Waals surface area (Å²) in [6.45, 7) is 4.24. The molecule has 0 aromatic heterocycles. The van der Waals surface area contributed by atoms with E-state index in [-0.39, 0.29) is 0 Å². The summed E-state index contributed by atoms with van der Waals surface area (Å²) < 4.78 is 5.71. The lowest BCUT2D eigenvalue weighted by Crippen LogP contribution is -1.94. The summed E-state index contributed by atoms with van der Waals surface area (Å²) >= 11 is 0. The van der Waals surface area contributed by atoms with Crippen LogP contribution in [-0.2, 0) is 6.61 Å². The van der Waals surface area contributed by atoms with Gasteiger partial charge in [0, 0.05) is 0 Å². The van der Waals surface area contributed by atoms with E-state index in [1.807, 2.05) is 54.6 Å². The average Bonchev–Trinajstić information content (AvgIpc) is 2.45. The Bertz CT molecular complexity index is 509. The molecule has 90 valence electrons. The number of allylic oxidation sites excluding steroid dienone is 2. The maximum absolute atomic E-state index is 5.71. The van der Waals surface area contributed by atoms with Crippen molar-refractivity contribution < 1.29 is 4.74 Å². The predicted octanol–water partition coefficient (Wildman–Crippen LogP) is 4.46. The predicted molar refractivity (Wildman–Crippen MR) is 76.4 cm³/mol. The van der Waals surface area contributed by atoms with Crippen molar-refractivity contribution in [1.82, 2.24) is 0 Å². The summed E-state index contributed by atoms with van der Waals surface area (Å²) in [6.07, 6.45) is 5.69. The van der Waals surface area contributed by atoms with E-state index in [0.29, 0.717) is 6.61 Å². The van der Waals surface area contributed by atoms with Crippen LogP contribution in [0.3, 0.4) is 0 Å². The van der Waals surface area contributed by atoms with Crippen LogP contribution < -0.4 is 4.74 Å². The van der Waals surface area contributed by atoms with Gasteiger partial charge in [0.1, 0.15) is 12.4 Å². The van der Waals surface area contributed by atoms with Gasteiger partial charge in [-0.25, -0.2) is 0 Å². The fourth-order valence-electron chi connectivity index (χ4n) is 1.60. The summed E-state index contributed by atoms with van der Waals surface area (Å²) in [5.41, 5.74) is 2.31. The first-order chi connectivity index (χ1) is 8.88. The standard InChI is InChI=1S/C17H16O/c1-2-3-7-15-10-12-17(13-11-15)18-14-16-8-5-4-6-9-16/h2-13H,1,14H2. The second-order valence-electron chi connectivity index (χ2n) is 3.94. The van der Waals surface area contributed by atoms with Crippen LogP contribution in [0.25, 0.3) is 6.08 Å². The maximum Gasteiger partial charge on any atom is 0.119 e. The van der Waals surface area contributed by atoms with Crippen molar-refractivity contribution in [2.24, 2.45) is 0 Å². The van der Waals surface area contributed by atoms with Gasteiger partial charge in [-0.2, -0.15) is 0 Å². The Balaban J connectivity index is 1.94. The third-order valence-electron chi connectivity index (χ3n) is 2.55. The molecule has 18 heavy (non-hydrogen) atoms. The molecule has 0 N–H and O–H groups in total. The number of hydrogen-bond acceptors (Lipinski definition) is 1. The second-order valence-corrected chi connectivity index (χ2v) is 3.94. The van der Waals surface area contributed by atoms with Crippen LogP contribution >= 0.6 is 0 Å². The SMILES string of the molecule is C=CC=Cc1ccc(OCc2ccccc2)cc1. The quantitative estimate of drug-likeness (QED) is 0.696. The van der Waals surface area contributed by atoms with E-state index in [1.165, 1.54) is 5.56 Å². The Kier molecular flexibility index (Phi) is 4.37. The van der Waals surface area contributed by atoms with E-state index >= 15 is 0 Å². The molecule has 0 aliphatic heterocycles. The smallest absolute Gasteiger partial charge is 0.119 e. The zero-order chi connectivity index (χ0) is 12.6. The van der Waals surface area contributed by atoms with E-state index in [1.54, 1.807) is 6.08 Å². The van der Waals surface area contributed by atoms with E-state index in [9.17, 15) is 0 Å². The molecule has 0 aliphatic rings. The summed E-state index contributed by atoms with van der Waals surface area (Å²) in [5, 5.41) is 0. The summed E-state index contributed by atoms with van der Waals surface area (Å²) in [7, 11) is 0. The van der Waals surface area contributed by atoms with Gasteiger partial charge >= 0.3 is 0 Å². The van der Waals surface area contributed by atoms with Crippen molar-refractivity contribution in [2.45, 2.75) is 6.61 Å². The molecule has 0 amide bonds. The highest BCUT2D eigenvalue weighted by Crippen LogP contribution is 2.15. The van der Waals surface area contributed by atoms with Crippen molar-refractivity contribution in [3.63, 3.8) is 0 Å². The second kappa shape index (κ2) is 6.45. The van der Waals surface area contributed by atoms with E-state index in [2.05, 4.69) is 18.7 Å². The zero-order valence-electron chi connectivity index (χ0n) is 10.3. The molecule has 0 heterocycles. The van der Waals surface area contributed by atoms with Gasteiger partial charge in [0.25, 0.3) is 0 Å². The minimum absolute atomic E-state index is 0.600. The molecule has 1 nitrogen and oxygen atoms in total. The van der Waals surface area contributed by atoms with Crippen LogP contribution in [0, 0.1) is 0 Å². The lowest BCUT2D eigenvalue weighted by Gasteiger charge is -2.06. The Morgan fingerprint density at radius 3 is 2.33 bits per heavy atom. The van der Waals surface area contributed by atoms with Crippen molar-refractivity contribution in [1.29, 1.82) is 0 Å². The fourth-order valence-corrected chi connectivity index (χ4v) is 1.60. The summed E-state index contributed by atoms with van der Waals surface area (Å²) in [6, 6.07) is 18.2. The summed E-state index contributed by atoms with van der Waals surface area (Å²) in [5.74, 6) is 0.884. The van der Waals surface area contributed by atoms with Crippen LogP contribution in [0.1, 0.15) is 11.1 Å². The van der Waals surface area contributed by atoms with Gasteiger partial charge in [0.15, 0.2) is 0 Å². The molecule has 0 unspecified atom stereocenters. The molecule has 1 heteroatoms. The Labute approximate surface area is 108 Å². The first kappa shape index (κ1) is 12.2. The molecule has 2 aromatic rings. The average molecular weight is 236 g/mol. The monoisotopic (exact) mass is 236 g/mol. The molecule has 2 aromatic carbocycles. The lowest BCUT2D eigenvalue weighted by molar-refractivity contribution is 0.306. The third kappa shape index (κ3) is 3.63. The fraction of sp³-hybridized carbons (Fsp3) is 0.0588. The lowest BCUT2D eigenvalue weighted by atomic mass is 10.2. The molecule has 0 saturated heterocycles. The Morgan fingerprint density at radius 1 is 0.944 bits per heavy atom. The van der Waals surface area contributed by atoms with Gasteiger partial charge in [-0.05, 0) is 23.3 Å². The number of ether oxygens (including phenoxy) is 1. The van der Waals surface area contributed by atoms with Crippen LogP contribution in [0.2, 0.25) is 0 Å². The highest BCUT2D eigenvalue weighted by Gasteiger charge is 1.95. The van der Waals surface area contributed by atoms with Gasteiger partial charge in [-0.3, -0.25) is 0 Å². The largest absolute Gasteiger partial charge is 0.489 e. The Morgan fingerprint density at radius 2 is 1.67 bits per heavy atom. The molecular formula is C17H16O. The molecule has 0 bridgehead atoms. The zero-order valence-corrected chi connectivity index (χ0v) is 10.3. The van der Waals surface area contributed by atoms with Gasteiger partial charge in [0.2, 0.25) is 0 Å². The van der Waals surface area contributed by atoms with E-state index in [4.69, 9.17) is 4.74 Å². The Hall–Kier alpha value is -2.28. The molecule has 0 fully saturated rings. The highest BCUT2D eigenvalue weighted by molar-refractivity contribution is 5.52. The molecule has 0 atom stereocenters. The van der Waals surface area contributed by atoms with Crippen LogP contribution in [0.15, 0.2) is 73.3 Å². The molecule has 0 radical (unpaired) electrons. The minimum atomic E-state index is 0.600. The van der Waals surface area contributed by atoms with Crippen molar-refractivity contribution in [3.8, 4) is 5.75 Å². The third-order valence-corrected chi connectivity index (χ3v) is 2.55. The first-order valence-corrected chi connectivity index (χ1v) is 5.94. The molecule has 0 aliphatic carbocycles. The molecule has 0 saturated carbocycles. The normalized spacial score (nSPS) is 10.4. The van der Waals surface area contributed by atoms with Gasteiger partial charge in [0.05, 0.1) is 0 Å². The molecular weight excluding hydrogens is 220 g/mol. The van der Waals surface area contributed by atoms with Crippen molar-refractivity contribution in [2.75, 3.05) is 0 Å². The topological polar surface area (TPSA) is 9.23 Å². The maximum atomic E-state index is 5.71. The molecule has 0 spiro atoms. The van der Waals surface area contributed by atoms with Crippen LogP contribution in [-0.4, -0.2) is 0 Å². The molecule has 2 rings (SSSR count). The first-order valence-electron chi connectivity index (χ1n) is 5.94. The van der Waals surface area contributed by atoms with Gasteiger partial charge < -0.3 is 4.74 Å². The minimum Gasteiger partial charge on any atom is -0.489 e. The van der Waals surface area contributed by atoms with Crippen LogP contribution in [0.5, 0.6) is 5.75 Å². The van der Waals surface area contributed by atoms with E-state index in [0.717, 1.165) is 11.3 Å². The van der Waals surface area contributed by atoms with Crippen LogP contribution in [0.4, 0.5) is 0 Å². The highest BCUT2D eigenvalue weighted by atomic mass is 16.5. The summed E-state index contributed by atoms with van der Waals surface area (Å²) in [4.78, 5) is 0. The van der Waals surface area contributed by atoms with Gasteiger partial charge in [-0.15, -0.1) is 0 Å².